The summed E-state index contributed by atoms with van der Waals surface area (Å²) in [7, 11) is 0. The summed E-state index contributed by atoms with van der Waals surface area (Å²) in [6.07, 6.45) is 0.759. The van der Waals surface area contributed by atoms with Crippen LogP contribution in [0.25, 0.3) is 10.8 Å². The molecule has 0 heterocycles. The molecule has 0 aliphatic heterocycles. The van der Waals surface area contributed by atoms with Crippen molar-refractivity contribution in [1.82, 2.24) is 5.32 Å². The van der Waals surface area contributed by atoms with E-state index in [0.29, 0.717) is 6.54 Å². The second kappa shape index (κ2) is 5.75. The van der Waals surface area contributed by atoms with Crippen LogP contribution < -0.4 is 5.32 Å². The first-order valence-corrected chi connectivity index (χ1v) is 6.71. The number of fused-ring (bicyclic) bond motifs is 1. The van der Waals surface area contributed by atoms with E-state index in [4.69, 9.17) is 5.26 Å². The highest BCUT2D eigenvalue weighted by Crippen LogP contribution is 2.19. The van der Waals surface area contributed by atoms with Gasteiger partial charge >= 0.3 is 0 Å². The van der Waals surface area contributed by atoms with E-state index < -0.39 is 5.41 Å². The summed E-state index contributed by atoms with van der Waals surface area (Å²) in [5.74, 6) is -0.222. The van der Waals surface area contributed by atoms with Crippen LogP contribution in [0.3, 0.4) is 0 Å². The number of rotatable bonds is 4. The zero-order valence-corrected chi connectivity index (χ0v) is 11.8. The van der Waals surface area contributed by atoms with Crippen molar-refractivity contribution < 1.29 is 4.79 Å². The van der Waals surface area contributed by atoms with E-state index in [1.165, 1.54) is 16.3 Å². The Morgan fingerprint density at radius 1 is 1.20 bits per heavy atom. The molecule has 1 amide bonds. The summed E-state index contributed by atoms with van der Waals surface area (Å²) in [4.78, 5) is 11.8. The van der Waals surface area contributed by atoms with Crippen molar-refractivity contribution in [3.63, 3.8) is 0 Å². The minimum atomic E-state index is -0.973. The fourth-order valence-corrected chi connectivity index (χ4v) is 2.09. The maximum Gasteiger partial charge on any atom is 0.239 e. The number of nitrogens with one attached hydrogen (secondary N) is 1. The van der Waals surface area contributed by atoms with Gasteiger partial charge in [0.2, 0.25) is 5.91 Å². The van der Waals surface area contributed by atoms with Crippen molar-refractivity contribution in [2.75, 3.05) is 6.54 Å². The molecule has 0 saturated heterocycles. The fourth-order valence-electron chi connectivity index (χ4n) is 2.09. The van der Waals surface area contributed by atoms with Gasteiger partial charge in [0.15, 0.2) is 0 Å². The van der Waals surface area contributed by atoms with Gasteiger partial charge in [-0.05, 0) is 36.6 Å². The first kappa shape index (κ1) is 14.1. The van der Waals surface area contributed by atoms with E-state index in [2.05, 4.69) is 29.6 Å². The van der Waals surface area contributed by atoms with Crippen molar-refractivity contribution in [2.45, 2.75) is 20.3 Å². The Kier molecular flexibility index (Phi) is 4.05. The molecule has 1 N–H and O–H groups in total. The summed E-state index contributed by atoms with van der Waals surface area (Å²) >= 11 is 0. The smallest absolute Gasteiger partial charge is 0.239 e. The predicted octanol–water partition coefficient (Wildman–Crippen LogP) is 3.05. The summed E-state index contributed by atoms with van der Waals surface area (Å²) in [5, 5.41) is 14.2. The van der Waals surface area contributed by atoms with Crippen LogP contribution in [0.1, 0.15) is 19.4 Å². The lowest BCUT2D eigenvalue weighted by Gasteiger charge is -2.15. The van der Waals surface area contributed by atoms with Crippen molar-refractivity contribution in [3.8, 4) is 6.07 Å². The van der Waals surface area contributed by atoms with Gasteiger partial charge in [-0.1, -0.05) is 42.5 Å². The maximum absolute atomic E-state index is 11.8. The predicted molar refractivity (Wildman–Crippen MR) is 80.1 cm³/mol. The SMILES string of the molecule is CC(C)(C#N)C(=O)NCCc1cccc2ccccc12. The monoisotopic (exact) mass is 266 g/mol. The lowest BCUT2D eigenvalue weighted by atomic mass is 9.94. The molecule has 0 unspecified atom stereocenters. The van der Waals surface area contributed by atoms with E-state index in [0.717, 1.165) is 6.42 Å². The van der Waals surface area contributed by atoms with E-state index in [1.807, 2.05) is 24.3 Å². The van der Waals surface area contributed by atoms with E-state index >= 15 is 0 Å². The Balaban J connectivity index is 2.04. The first-order valence-electron chi connectivity index (χ1n) is 6.71. The molecule has 0 aromatic heterocycles. The van der Waals surface area contributed by atoms with Gasteiger partial charge in [-0.3, -0.25) is 4.79 Å². The number of benzene rings is 2. The molecule has 2 aromatic carbocycles. The zero-order chi connectivity index (χ0) is 14.6. The Labute approximate surface area is 119 Å². The lowest BCUT2D eigenvalue weighted by Crippen LogP contribution is -2.36. The molecule has 0 radical (unpaired) electrons. The number of hydrogen-bond donors (Lipinski definition) is 1. The summed E-state index contributed by atoms with van der Waals surface area (Å²) in [6, 6.07) is 16.4. The van der Waals surface area contributed by atoms with Gasteiger partial charge in [0.25, 0.3) is 0 Å². The van der Waals surface area contributed by atoms with Gasteiger partial charge in [-0.15, -0.1) is 0 Å². The molecule has 0 aliphatic rings. The lowest BCUT2D eigenvalue weighted by molar-refractivity contribution is -0.126. The molecule has 2 rings (SSSR count). The largest absolute Gasteiger partial charge is 0.354 e. The van der Waals surface area contributed by atoms with Gasteiger partial charge in [0.1, 0.15) is 5.41 Å². The Bertz CT molecular complexity index is 663. The number of amides is 1. The molecule has 0 fully saturated rings. The van der Waals surface area contributed by atoms with Crippen LogP contribution in [-0.4, -0.2) is 12.5 Å². The van der Waals surface area contributed by atoms with Gasteiger partial charge < -0.3 is 5.32 Å². The second-order valence-corrected chi connectivity index (χ2v) is 5.38. The molecule has 2 aromatic rings. The first-order chi connectivity index (χ1) is 9.54. The molecule has 0 aliphatic carbocycles. The van der Waals surface area contributed by atoms with E-state index in [1.54, 1.807) is 13.8 Å². The van der Waals surface area contributed by atoms with Crippen molar-refractivity contribution >= 4 is 16.7 Å². The summed E-state index contributed by atoms with van der Waals surface area (Å²) in [6.45, 7) is 3.79. The average Bonchev–Trinajstić information content (AvgIpc) is 2.47. The van der Waals surface area contributed by atoms with Crippen molar-refractivity contribution in [3.05, 3.63) is 48.0 Å². The Hall–Kier alpha value is -2.34. The highest BCUT2D eigenvalue weighted by atomic mass is 16.2. The minimum Gasteiger partial charge on any atom is -0.354 e. The van der Waals surface area contributed by atoms with Gasteiger partial charge in [0, 0.05) is 6.54 Å². The Morgan fingerprint density at radius 2 is 1.90 bits per heavy atom. The van der Waals surface area contributed by atoms with E-state index in [9.17, 15) is 4.79 Å². The normalized spacial score (nSPS) is 11.1. The van der Waals surface area contributed by atoms with Crippen LogP contribution in [0.15, 0.2) is 42.5 Å². The number of hydrogen-bond acceptors (Lipinski definition) is 2. The summed E-state index contributed by atoms with van der Waals surface area (Å²) < 4.78 is 0. The minimum absolute atomic E-state index is 0.222. The molecular formula is C17H18N2O. The number of carbonyl (C=O) groups is 1. The molecular weight excluding hydrogens is 248 g/mol. The molecule has 0 spiro atoms. The standard InChI is InChI=1S/C17H18N2O/c1-17(2,12-18)16(20)19-11-10-14-8-5-7-13-6-3-4-9-15(13)14/h3-9H,10-11H2,1-2H3,(H,19,20). The topological polar surface area (TPSA) is 52.9 Å². The highest BCUT2D eigenvalue weighted by molar-refractivity contribution is 5.86. The van der Waals surface area contributed by atoms with Crippen molar-refractivity contribution in [1.29, 1.82) is 5.26 Å². The van der Waals surface area contributed by atoms with Crippen LogP contribution in [-0.2, 0) is 11.2 Å². The quantitative estimate of drug-likeness (QED) is 0.924. The Morgan fingerprint density at radius 3 is 2.65 bits per heavy atom. The highest BCUT2D eigenvalue weighted by Gasteiger charge is 2.26. The molecule has 20 heavy (non-hydrogen) atoms. The van der Waals surface area contributed by atoms with Crippen LogP contribution in [0.4, 0.5) is 0 Å². The van der Waals surface area contributed by atoms with Crippen LogP contribution in [0, 0.1) is 16.7 Å². The average molecular weight is 266 g/mol. The van der Waals surface area contributed by atoms with Crippen LogP contribution in [0.5, 0.6) is 0 Å². The number of nitrogens with zero attached hydrogens (tertiary/aromatic N) is 1. The van der Waals surface area contributed by atoms with E-state index in [-0.39, 0.29) is 5.91 Å². The van der Waals surface area contributed by atoms with Gasteiger partial charge in [-0.25, -0.2) is 0 Å². The molecule has 0 bridgehead atoms. The third-order valence-corrected chi connectivity index (χ3v) is 3.41. The third-order valence-electron chi connectivity index (χ3n) is 3.41. The molecule has 3 nitrogen and oxygen atoms in total. The third kappa shape index (κ3) is 2.97. The number of carbonyl (C=O) groups excluding carboxylic acids is 1. The van der Waals surface area contributed by atoms with Crippen LogP contribution in [0.2, 0.25) is 0 Å². The molecule has 0 saturated carbocycles. The van der Waals surface area contributed by atoms with Gasteiger partial charge in [-0.2, -0.15) is 5.26 Å². The van der Waals surface area contributed by atoms with Gasteiger partial charge in [0.05, 0.1) is 6.07 Å². The molecule has 102 valence electrons. The summed E-state index contributed by atoms with van der Waals surface area (Å²) in [5.41, 5.74) is 0.233. The second-order valence-electron chi connectivity index (χ2n) is 5.38. The van der Waals surface area contributed by atoms with Crippen LogP contribution >= 0.6 is 0 Å². The molecule has 3 heteroatoms. The zero-order valence-electron chi connectivity index (χ0n) is 11.8. The fraction of sp³-hybridized carbons (Fsp3) is 0.294. The van der Waals surface area contributed by atoms with Crippen molar-refractivity contribution in [2.24, 2.45) is 5.41 Å². The molecule has 0 atom stereocenters. The number of nitriles is 1. The maximum atomic E-state index is 11.8.